The Balaban J connectivity index is 2.11. The number of thiophene rings is 1. The molecule has 1 aromatic heterocycles. The van der Waals surface area contributed by atoms with E-state index in [0.717, 1.165) is 24.0 Å². The van der Waals surface area contributed by atoms with Gasteiger partial charge in [-0.05, 0) is 25.3 Å². The van der Waals surface area contributed by atoms with Crippen molar-refractivity contribution in [1.82, 2.24) is 0 Å². The zero-order valence-corrected chi connectivity index (χ0v) is 11.8. The second-order valence-electron chi connectivity index (χ2n) is 4.60. The van der Waals surface area contributed by atoms with Gasteiger partial charge in [0.15, 0.2) is 0 Å². The molecule has 1 atom stereocenters. The van der Waals surface area contributed by atoms with Crippen molar-refractivity contribution in [1.29, 1.82) is 0 Å². The summed E-state index contributed by atoms with van der Waals surface area (Å²) >= 11 is 1.44. The average molecular weight is 268 g/mol. The molecule has 0 radical (unpaired) electrons. The van der Waals surface area contributed by atoms with E-state index in [0.29, 0.717) is 17.2 Å². The minimum absolute atomic E-state index is 0.308. The van der Waals surface area contributed by atoms with Gasteiger partial charge in [0.25, 0.3) is 0 Å². The molecule has 0 bridgehead atoms. The van der Waals surface area contributed by atoms with Crippen molar-refractivity contribution < 1.29 is 9.53 Å². The molecule has 1 unspecified atom stereocenters. The number of nitrogens with zero attached hydrogens (tertiary/aromatic N) is 1. The number of hydrogen-bond donors (Lipinski definition) is 1. The maximum Gasteiger partial charge on any atom is 0.350 e. The van der Waals surface area contributed by atoms with Crippen LogP contribution in [0.5, 0.6) is 0 Å². The summed E-state index contributed by atoms with van der Waals surface area (Å²) in [5, 5.41) is 1.09. The minimum atomic E-state index is -0.308. The molecule has 1 aliphatic heterocycles. The molecule has 100 valence electrons. The molecular weight excluding hydrogens is 248 g/mol. The third-order valence-electron chi connectivity index (χ3n) is 3.38. The topological polar surface area (TPSA) is 55.6 Å². The highest BCUT2D eigenvalue weighted by molar-refractivity contribution is 7.18. The largest absolute Gasteiger partial charge is 0.462 e. The summed E-state index contributed by atoms with van der Waals surface area (Å²) in [5.74, 6) is 0.455. The fraction of sp³-hybridized carbons (Fsp3) is 0.615. The van der Waals surface area contributed by atoms with Crippen molar-refractivity contribution in [3.05, 3.63) is 10.9 Å². The number of nitrogen functional groups attached to an aromatic ring is 1. The lowest BCUT2D eigenvalue weighted by Gasteiger charge is -2.15. The van der Waals surface area contributed by atoms with Crippen LogP contribution >= 0.6 is 11.3 Å². The molecule has 2 heterocycles. The molecule has 1 fully saturated rings. The standard InChI is InChI=1S/C13H20N2O2S/c1-3-9-5-6-15(8-9)11-7-10(14)12(18-11)13(16)17-4-2/h7,9H,3-6,8,14H2,1-2H3. The lowest BCUT2D eigenvalue weighted by atomic mass is 10.1. The van der Waals surface area contributed by atoms with Gasteiger partial charge in [-0.3, -0.25) is 0 Å². The van der Waals surface area contributed by atoms with Gasteiger partial charge in [-0.25, -0.2) is 4.79 Å². The van der Waals surface area contributed by atoms with Crippen LogP contribution in [-0.2, 0) is 4.74 Å². The molecule has 18 heavy (non-hydrogen) atoms. The van der Waals surface area contributed by atoms with Gasteiger partial charge in [0.05, 0.1) is 17.3 Å². The van der Waals surface area contributed by atoms with Gasteiger partial charge in [-0.2, -0.15) is 0 Å². The molecule has 5 heteroatoms. The van der Waals surface area contributed by atoms with E-state index in [9.17, 15) is 4.79 Å². The van der Waals surface area contributed by atoms with Crippen molar-refractivity contribution in [3.63, 3.8) is 0 Å². The number of esters is 1. The smallest absolute Gasteiger partial charge is 0.350 e. The van der Waals surface area contributed by atoms with Crippen molar-refractivity contribution in [2.24, 2.45) is 5.92 Å². The Labute approximate surface area is 112 Å². The number of carbonyl (C=O) groups excluding carboxylic acids is 1. The molecular formula is C13H20N2O2S. The van der Waals surface area contributed by atoms with E-state index in [4.69, 9.17) is 10.5 Å². The summed E-state index contributed by atoms with van der Waals surface area (Å²) in [5.41, 5.74) is 6.43. The summed E-state index contributed by atoms with van der Waals surface area (Å²) in [7, 11) is 0. The van der Waals surface area contributed by atoms with Crippen LogP contribution in [0.15, 0.2) is 6.07 Å². The third kappa shape index (κ3) is 2.61. The fourth-order valence-electron chi connectivity index (χ4n) is 2.27. The SMILES string of the molecule is CCOC(=O)c1sc(N2CCC(CC)C2)cc1N. The minimum Gasteiger partial charge on any atom is -0.462 e. The van der Waals surface area contributed by atoms with Gasteiger partial charge in [0.2, 0.25) is 0 Å². The Kier molecular flexibility index (Phi) is 4.11. The first-order chi connectivity index (χ1) is 8.65. The molecule has 0 aliphatic carbocycles. The van der Waals surface area contributed by atoms with E-state index >= 15 is 0 Å². The zero-order valence-electron chi connectivity index (χ0n) is 10.9. The van der Waals surface area contributed by atoms with Crippen LogP contribution in [0.4, 0.5) is 10.7 Å². The van der Waals surface area contributed by atoms with Crippen LogP contribution in [-0.4, -0.2) is 25.7 Å². The number of ether oxygens (including phenoxy) is 1. The Morgan fingerprint density at radius 1 is 1.61 bits per heavy atom. The van der Waals surface area contributed by atoms with E-state index in [1.165, 1.54) is 24.2 Å². The van der Waals surface area contributed by atoms with Crippen LogP contribution in [0.25, 0.3) is 0 Å². The average Bonchev–Trinajstić information content (AvgIpc) is 2.95. The van der Waals surface area contributed by atoms with Crippen molar-refractivity contribution in [3.8, 4) is 0 Å². The van der Waals surface area contributed by atoms with Crippen molar-refractivity contribution >= 4 is 28.0 Å². The highest BCUT2D eigenvalue weighted by Gasteiger charge is 2.24. The van der Waals surface area contributed by atoms with E-state index in [-0.39, 0.29) is 5.97 Å². The van der Waals surface area contributed by atoms with Crippen LogP contribution in [0.3, 0.4) is 0 Å². The maximum atomic E-state index is 11.7. The van der Waals surface area contributed by atoms with Crippen LogP contribution in [0.1, 0.15) is 36.4 Å². The second kappa shape index (κ2) is 5.61. The molecule has 2 N–H and O–H groups in total. The monoisotopic (exact) mass is 268 g/mol. The van der Waals surface area contributed by atoms with Crippen LogP contribution in [0.2, 0.25) is 0 Å². The second-order valence-corrected chi connectivity index (χ2v) is 5.63. The predicted octanol–water partition coefficient (Wildman–Crippen LogP) is 2.74. The lowest BCUT2D eigenvalue weighted by Crippen LogP contribution is -2.18. The molecule has 0 spiro atoms. The highest BCUT2D eigenvalue weighted by Crippen LogP contribution is 2.35. The first-order valence-corrected chi connectivity index (χ1v) is 7.28. The Morgan fingerprint density at radius 3 is 3.00 bits per heavy atom. The van der Waals surface area contributed by atoms with Gasteiger partial charge in [0, 0.05) is 13.1 Å². The van der Waals surface area contributed by atoms with Crippen molar-refractivity contribution in [2.45, 2.75) is 26.7 Å². The van der Waals surface area contributed by atoms with Gasteiger partial charge in [-0.1, -0.05) is 13.3 Å². The van der Waals surface area contributed by atoms with E-state index < -0.39 is 0 Å². The first-order valence-electron chi connectivity index (χ1n) is 6.47. The Hall–Kier alpha value is -1.23. The molecule has 1 aromatic rings. The van der Waals surface area contributed by atoms with Gasteiger partial charge >= 0.3 is 5.97 Å². The Morgan fingerprint density at radius 2 is 2.39 bits per heavy atom. The van der Waals surface area contributed by atoms with Gasteiger partial charge in [-0.15, -0.1) is 11.3 Å². The third-order valence-corrected chi connectivity index (χ3v) is 4.58. The zero-order chi connectivity index (χ0) is 13.1. The number of rotatable bonds is 4. The highest BCUT2D eigenvalue weighted by atomic mass is 32.1. The Bertz CT molecular complexity index is 431. The summed E-state index contributed by atoms with van der Waals surface area (Å²) in [6, 6.07) is 1.90. The molecule has 4 nitrogen and oxygen atoms in total. The summed E-state index contributed by atoms with van der Waals surface area (Å²) in [6.45, 7) is 6.53. The van der Waals surface area contributed by atoms with Crippen LogP contribution < -0.4 is 10.6 Å². The van der Waals surface area contributed by atoms with Gasteiger partial charge < -0.3 is 15.4 Å². The summed E-state index contributed by atoms with van der Waals surface area (Å²) in [6.07, 6.45) is 2.44. The first kappa shape index (κ1) is 13.2. The number of carbonyl (C=O) groups is 1. The summed E-state index contributed by atoms with van der Waals surface area (Å²) in [4.78, 5) is 14.6. The molecule has 0 saturated carbocycles. The fourth-order valence-corrected chi connectivity index (χ4v) is 3.28. The molecule has 0 amide bonds. The quantitative estimate of drug-likeness (QED) is 0.853. The molecule has 1 aliphatic rings. The number of nitrogens with two attached hydrogens (primary N) is 1. The normalized spacial score (nSPS) is 19.2. The maximum absolute atomic E-state index is 11.7. The molecule has 0 aromatic carbocycles. The van der Waals surface area contributed by atoms with E-state index in [1.807, 2.05) is 6.07 Å². The molecule has 2 rings (SSSR count). The van der Waals surface area contributed by atoms with Crippen LogP contribution in [0, 0.1) is 5.92 Å². The van der Waals surface area contributed by atoms with E-state index in [2.05, 4.69) is 11.8 Å². The van der Waals surface area contributed by atoms with Crippen molar-refractivity contribution in [2.75, 3.05) is 30.3 Å². The van der Waals surface area contributed by atoms with Gasteiger partial charge in [0.1, 0.15) is 4.88 Å². The molecule has 1 saturated heterocycles. The predicted molar refractivity (Wildman–Crippen MR) is 75.3 cm³/mol. The number of anilines is 2. The number of hydrogen-bond acceptors (Lipinski definition) is 5. The van der Waals surface area contributed by atoms with E-state index in [1.54, 1.807) is 6.92 Å². The lowest BCUT2D eigenvalue weighted by molar-refractivity contribution is 0.0533. The summed E-state index contributed by atoms with van der Waals surface area (Å²) < 4.78 is 5.00.